The lowest BCUT2D eigenvalue weighted by Crippen LogP contribution is -2.04. The second-order valence-corrected chi connectivity index (χ2v) is 6.43. The van der Waals surface area contributed by atoms with Crippen LogP contribution in [0, 0.1) is 0 Å². The van der Waals surface area contributed by atoms with Crippen LogP contribution >= 0.6 is 0 Å². The van der Waals surface area contributed by atoms with Crippen LogP contribution in [0.1, 0.15) is 16.7 Å². The molecule has 0 unspecified atom stereocenters. The van der Waals surface area contributed by atoms with E-state index in [-0.39, 0.29) is 0 Å². The fraction of sp³-hybridized carbons (Fsp3) is 0. The summed E-state index contributed by atoms with van der Waals surface area (Å²) in [6.07, 6.45) is 0. The monoisotopic (exact) mass is 347 g/mol. The van der Waals surface area contributed by atoms with Gasteiger partial charge < -0.3 is 5.73 Å². The van der Waals surface area contributed by atoms with Crippen molar-refractivity contribution in [3.8, 4) is 11.1 Å². The molecule has 0 amide bonds. The Morgan fingerprint density at radius 3 is 1.59 bits per heavy atom. The maximum Gasteiger partial charge on any atom is 0.0473 e. The van der Waals surface area contributed by atoms with E-state index in [1.807, 2.05) is 30.3 Å². The number of rotatable bonds is 4. The molecule has 0 atom stereocenters. The molecule has 0 aliphatic carbocycles. The molecule has 0 radical (unpaired) electrons. The normalized spacial score (nSPS) is 11.7. The highest BCUT2D eigenvalue weighted by Gasteiger charge is 2.15. The van der Waals surface area contributed by atoms with Gasteiger partial charge in [-0.05, 0) is 27.8 Å². The van der Waals surface area contributed by atoms with Crippen LogP contribution in [-0.2, 0) is 0 Å². The molecule has 4 aromatic rings. The van der Waals surface area contributed by atoms with Crippen molar-refractivity contribution in [2.45, 2.75) is 0 Å². The van der Waals surface area contributed by atoms with Crippen molar-refractivity contribution >= 4 is 11.3 Å². The van der Waals surface area contributed by atoms with E-state index in [1.54, 1.807) is 0 Å². The zero-order chi connectivity index (χ0) is 18.5. The highest BCUT2D eigenvalue weighted by atomic mass is 14.6. The molecule has 0 bridgehead atoms. The predicted molar refractivity (Wildman–Crippen MR) is 115 cm³/mol. The molecule has 1 heteroatoms. The average Bonchev–Trinajstić information content (AvgIpc) is 2.76. The van der Waals surface area contributed by atoms with Crippen molar-refractivity contribution in [3.05, 3.63) is 132 Å². The lowest BCUT2D eigenvalue weighted by molar-refractivity contribution is 1.47. The number of hydrogen-bond donors (Lipinski definition) is 1. The Labute approximate surface area is 160 Å². The second kappa shape index (κ2) is 7.76. The third kappa shape index (κ3) is 3.54. The summed E-state index contributed by atoms with van der Waals surface area (Å²) in [5.74, 6) is 0. The van der Waals surface area contributed by atoms with Gasteiger partial charge in [0.25, 0.3) is 0 Å². The Kier molecular flexibility index (Phi) is 4.84. The quantitative estimate of drug-likeness (QED) is 0.435. The molecule has 2 N–H and O–H groups in total. The van der Waals surface area contributed by atoms with E-state index in [4.69, 9.17) is 5.73 Å². The van der Waals surface area contributed by atoms with Crippen LogP contribution in [0.4, 0.5) is 0 Å². The lowest BCUT2D eigenvalue weighted by atomic mass is 9.88. The molecule has 0 saturated heterocycles. The van der Waals surface area contributed by atoms with Crippen LogP contribution in [0.15, 0.2) is 115 Å². The summed E-state index contributed by atoms with van der Waals surface area (Å²) in [4.78, 5) is 0. The summed E-state index contributed by atoms with van der Waals surface area (Å²) < 4.78 is 0. The van der Waals surface area contributed by atoms with E-state index in [0.29, 0.717) is 0 Å². The molecule has 0 heterocycles. The van der Waals surface area contributed by atoms with Crippen molar-refractivity contribution in [2.75, 3.05) is 0 Å². The first-order chi connectivity index (χ1) is 13.3. The van der Waals surface area contributed by atoms with E-state index in [1.165, 1.54) is 11.1 Å². The molecule has 0 aromatic heterocycles. The minimum Gasteiger partial charge on any atom is -0.398 e. The second-order valence-electron chi connectivity index (χ2n) is 6.43. The van der Waals surface area contributed by atoms with E-state index in [9.17, 15) is 0 Å². The molecule has 1 nitrogen and oxygen atoms in total. The topological polar surface area (TPSA) is 26.0 Å². The molecule has 0 fully saturated rings. The van der Waals surface area contributed by atoms with Crippen LogP contribution in [0.3, 0.4) is 0 Å². The van der Waals surface area contributed by atoms with Gasteiger partial charge in [0.1, 0.15) is 0 Å². The molecule has 0 aliphatic rings. The first-order valence-electron chi connectivity index (χ1n) is 9.10. The van der Waals surface area contributed by atoms with Crippen LogP contribution < -0.4 is 5.73 Å². The Hall–Kier alpha value is -3.58. The SMILES string of the molecule is NC(=C(c1ccccc1)c1ccccc1-c1ccccc1)c1ccccc1. The maximum absolute atomic E-state index is 6.73. The fourth-order valence-corrected chi connectivity index (χ4v) is 3.39. The minimum atomic E-state index is 0.783. The van der Waals surface area contributed by atoms with Gasteiger partial charge in [0, 0.05) is 11.3 Å². The number of hydrogen-bond acceptors (Lipinski definition) is 1. The van der Waals surface area contributed by atoms with Crippen molar-refractivity contribution in [1.82, 2.24) is 0 Å². The smallest absolute Gasteiger partial charge is 0.0473 e. The van der Waals surface area contributed by atoms with E-state index in [2.05, 4.69) is 84.9 Å². The van der Waals surface area contributed by atoms with E-state index < -0.39 is 0 Å². The van der Waals surface area contributed by atoms with Gasteiger partial charge in [0.05, 0.1) is 0 Å². The zero-order valence-electron chi connectivity index (χ0n) is 15.0. The van der Waals surface area contributed by atoms with Gasteiger partial charge in [0.15, 0.2) is 0 Å². The van der Waals surface area contributed by atoms with Crippen LogP contribution in [0.2, 0.25) is 0 Å². The van der Waals surface area contributed by atoms with Crippen molar-refractivity contribution in [2.24, 2.45) is 5.73 Å². The summed E-state index contributed by atoms with van der Waals surface area (Å²) >= 11 is 0. The average molecular weight is 347 g/mol. The Balaban J connectivity index is 2.00. The number of benzene rings is 4. The molecule has 0 saturated carbocycles. The Morgan fingerprint density at radius 1 is 0.481 bits per heavy atom. The predicted octanol–water partition coefficient (Wildman–Crippen LogP) is 6.23. The maximum atomic E-state index is 6.73. The molecule has 0 aliphatic heterocycles. The van der Waals surface area contributed by atoms with Crippen LogP contribution in [0.25, 0.3) is 22.4 Å². The summed E-state index contributed by atoms with van der Waals surface area (Å²) in [6, 6.07) is 39.5. The highest BCUT2D eigenvalue weighted by molar-refractivity contribution is 6.01. The van der Waals surface area contributed by atoms with Crippen LogP contribution in [-0.4, -0.2) is 0 Å². The molecular weight excluding hydrogens is 326 g/mol. The van der Waals surface area contributed by atoms with Crippen molar-refractivity contribution in [3.63, 3.8) is 0 Å². The molecule has 27 heavy (non-hydrogen) atoms. The Bertz CT molecular complexity index is 1050. The third-order valence-corrected chi connectivity index (χ3v) is 4.70. The number of nitrogens with two attached hydrogens (primary N) is 1. The summed E-state index contributed by atoms with van der Waals surface area (Å²) in [6.45, 7) is 0. The van der Waals surface area contributed by atoms with Crippen LogP contribution in [0.5, 0.6) is 0 Å². The van der Waals surface area contributed by atoms with Gasteiger partial charge in [-0.25, -0.2) is 0 Å². The largest absolute Gasteiger partial charge is 0.398 e. The van der Waals surface area contributed by atoms with Gasteiger partial charge in [0.2, 0.25) is 0 Å². The Morgan fingerprint density at radius 2 is 0.963 bits per heavy atom. The fourth-order valence-electron chi connectivity index (χ4n) is 3.39. The van der Waals surface area contributed by atoms with Gasteiger partial charge >= 0.3 is 0 Å². The molecule has 4 aromatic carbocycles. The third-order valence-electron chi connectivity index (χ3n) is 4.70. The molecule has 130 valence electrons. The zero-order valence-corrected chi connectivity index (χ0v) is 15.0. The van der Waals surface area contributed by atoms with E-state index >= 15 is 0 Å². The summed E-state index contributed by atoms with van der Waals surface area (Å²) in [7, 11) is 0. The first-order valence-corrected chi connectivity index (χ1v) is 9.10. The standard InChI is InChI=1S/C26H21N/c27-26(22-16-8-3-9-17-22)25(21-14-6-2-7-15-21)24-19-11-10-18-23(24)20-12-4-1-5-13-20/h1-19H,27H2. The summed E-state index contributed by atoms with van der Waals surface area (Å²) in [5, 5.41) is 0. The van der Waals surface area contributed by atoms with Gasteiger partial charge in [-0.2, -0.15) is 0 Å². The van der Waals surface area contributed by atoms with Gasteiger partial charge in [-0.15, -0.1) is 0 Å². The molecule has 0 spiro atoms. The van der Waals surface area contributed by atoms with Gasteiger partial charge in [-0.3, -0.25) is 0 Å². The molecule has 4 rings (SSSR count). The molecular formula is C26H21N. The van der Waals surface area contributed by atoms with E-state index in [0.717, 1.165) is 28.0 Å². The lowest BCUT2D eigenvalue weighted by Gasteiger charge is -2.17. The highest BCUT2D eigenvalue weighted by Crippen LogP contribution is 2.35. The van der Waals surface area contributed by atoms with Crippen molar-refractivity contribution < 1.29 is 0 Å². The summed E-state index contributed by atoms with van der Waals surface area (Å²) in [5.41, 5.74) is 14.2. The first kappa shape index (κ1) is 16.9. The van der Waals surface area contributed by atoms with Gasteiger partial charge in [-0.1, -0.05) is 115 Å². The minimum absolute atomic E-state index is 0.783. The van der Waals surface area contributed by atoms with Crippen molar-refractivity contribution in [1.29, 1.82) is 0 Å².